The first-order chi connectivity index (χ1) is 25.4. The molecule has 4 aromatic carbocycles. The molecule has 0 bridgehead atoms. The van der Waals surface area contributed by atoms with Crippen molar-refractivity contribution in [2.45, 2.75) is 44.2 Å². The highest BCUT2D eigenvalue weighted by atomic mass is 35.5. The van der Waals surface area contributed by atoms with Gasteiger partial charge >= 0.3 is 11.9 Å². The molecule has 272 valence electrons. The zero-order valence-electron chi connectivity index (χ0n) is 29.6. The first-order valence-corrected chi connectivity index (χ1v) is 18.4. The molecule has 0 aromatic heterocycles. The second-order valence-electron chi connectivity index (χ2n) is 13.6. The fourth-order valence-electron chi connectivity index (χ4n) is 7.71. The fraction of sp³-hybridized carbons (Fsp3) is 0.349. The molecular weight excluding hydrogens is 676 g/mol. The van der Waals surface area contributed by atoms with Gasteiger partial charge in [0.05, 0.1) is 37.4 Å². The molecule has 52 heavy (non-hydrogen) atoms. The summed E-state index contributed by atoms with van der Waals surface area (Å²) in [5.74, 6) is -2.56. The third-order valence-corrected chi connectivity index (χ3v) is 10.7. The largest absolute Gasteiger partial charge is 0.481 e. The van der Waals surface area contributed by atoms with E-state index >= 15 is 0 Å². The smallest absolute Gasteiger partial charge is 0.336 e. The Hall–Kier alpha value is -4.47. The molecule has 9 heteroatoms. The molecule has 1 saturated heterocycles. The first-order valence-electron chi connectivity index (χ1n) is 18.0. The molecule has 0 spiro atoms. The zero-order chi connectivity index (χ0) is 36.3. The lowest BCUT2D eigenvalue weighted by atomic mass is 9.59. The van der Waals surface area contributed by atoms with Crippen LogP contribution >= 0.6 is 11.6 Å². The number of carbonyl (C=O) groups excluding carboxylic acids is 1. The van der Waals surface area contributed by atoms with Crippen molar-refractivity contribution < 1.29 is 28.9 Å². The molecule has 0 radical (unpaired) electrons. The van der Waals surface area contributed by atoms with Crippen LogP contribution in [0.1, 0.15) is 53.9 Å². The molecule has 2 N–H and O–H groups in total. The number of aliphatic carboxylic acids is 1. The lowest BCUT2D eigenvalue weighted by Crippen LogP contribution is -2.57. The Labute approximate surface area is 311 Å². The van der Waals surface area contributed by atoms with E-state index in [1.807, 2.05) is 79.7 Å². The summed E-state index contributed by atoms with van der Waals surface area (Å²) in [6.45, 7) is 6.23. The summed E-state index contributed by atoms with van der Waals surface area (Å²) < 4.78 is 17.7. The lowest BCUT2D eigenvalue weighted by molar-refractivity contribution is -0.154. The third-order valence-electron chi connectivity index (χ3n) is 10.5. The lowest BCUT2D eigenvalue weighted by Gasteiger charge is -2.48. The van der Waals surface area contributed by atoms with Gasteiger partial charge in [0, 0.05) is 48.2 Å². The number of nitrogens with zero attached hydrogens (tertiary/aromatic N) is 1. The second-order valence-corrected chi connectivity index (χ2v) is 14.0. The molecule has 0 saturated carbocycles. The molecule has 2 aliphatic heterocycles. The van der Waals surface area contributed by atoms with Crippen molar-refractivity contribution in [3.63, 3.8) is 0 Å². The van der Waals surface area contributed by atoms with Gasteiger partial charge in [0.1, 0.15) is 6.61 Å². The van der Waals surface area contributed by atoms with Crippen LogP contribution in [0.5, 0.6) is 0 Å². The summed E-state index contributed by atoms with van der Waals surface area (Å²) in [5, 5.41) is 15.4. The van der Waals surface area contributed by atoms with E-state index in [4.69, 9.17) is 25.8 Å². The van der Waals surface area contributed by atoms with Crippen molar-refractivity contribution in [1.29, 1.82) is 0 Å². The van der Waals surface area contributed by atoms with Crippen LogP contribution in [0, 0.1) is 5.41 Å². The summed E-state index contributed by atoms with van der Waals surface area (Å²) in [6.07, 6.45) is 0.768. The van der Waals surface area contributed by atoms with Crippen LogP contribution < -0.4 is 5.32 Å². The molecule has 0 aliphatic carbocycles. The van der Waals surface area contributed by atoms with Gasteiger partial charge in [0.2, 0.25) is 0 Å². The van der Waals surface area contributed by atoms with E-state index in [0.717, 1.165) is 36.3 Å². The SMILES string of the molecule is CC1NC(COCCN2CCOCC2)=C(C(=O)OCc2ccccc2)C(c2cccc(Cl)c2)C1(CCC(c1ccccc1)c1ccccc1)C(=O)O. The minimum Gasteiger partial charge on any atom is -0.481 e. The van der Waals surface area contributed by atoms with Crippen molar-refractivity contribution in [3.8, 4) is 0 Å². The van der Waals surface area contributed by atoms with Gasteiger partial charge in [-0.05, 0) is 54.2 Å². The summed E-state index contributed by atoms with van der Waals surface area (Å²) in [4.78, 5) is 30.8. The van der Waals surface area contributed by atoms with Crippen LogP contribution in [-0.4, -0.2) is 74.0 Å². The van der Waals surface area contributed by atoms with E-state index in [0.29, 0.717) is 42.5 Å². The Morgan fingerprint density at radius 1 is 0.904 bits per heavy atom. The highest BCUT2D eigenvalue weighted by Crippen LogP contribution is 2.53. The van der Waals surface area contributed by atoms with Crippen LogP contribution in [0.2, 0.25) is 5.02 Å². The number of esters is 1. The fourth-order valence-corrected chi connectivity index (χ4v) is 7.91. The quantitative estimate of drug-likeness (QED) is 0.0966. The first kappa shape index (κ1) is 37.3. The zero-order valence-corrected chi connectivity index (χ0v) is 30.3. The number of hydrogen-bond acceptors (Lipinski definition) is 7. The maximum atomic E-state index is 14.5. The van der Waals surface area contributed by atoms with E-state index in [2.05, 4.69) is 34.5 Å². The number of carbonyl (C=O) groups is 2. The molecule has 6 rings (SSSR count). The molecule has 2 heterocycles. The van der Waals surface area contributed by atoms with Crippen molar-refractivity contribution in [2.24, 2.45) is 5.41 Å². The van der Waals surface area contributed by atoms with Gasteiger partial charge in [-0.25, -0.2) is 4.79 Å². The summed E-state index contributed by atoms with van der Waals surface area (Å²) in [6, 6.07) is 36.4. The van der Waals surface area contributed by atoms with Gasteiger partial charge < -0.3 is 24.6 Å². The highest BCUT2D eigenvalue weighted by molar-refractivity contribution is 6.30. The molecule has 0 amide bonds. The minimum absolute atomic E-state index is 0.0380. The second kappa shape index (κ2) is 17.8. The Bertz CT molecular complexity index is 1760. The number of carboxylic acid groups (broad SMARTS) is 1. The Balaban J connectivity index is 1.41. The van der Waals surface area contributed by atoms with Crippen LogP contribution in [0.3, 0.4) is 0 Å². The number of benzene rings is 4. The Kier molecular flexibility index (Phi) is 12.8. The van der Waals surface area contributed by atoms with Gasteiger partial charge in [0.25, 0.3) is 0 Å². The number of carboxylic acids is 1. The highest BCUT2D eigenvalue weighted by Gasteiger charge is 2.57. The molecule has 4 aromatic rings. The molecular formula is C43H47ClN2O6. The molecule has 3 unspecified atom stereocenters. The molecule has 8 nitrogen and oxygen atoms in total. The van der Waals surface area contributed by atoms with Crippen molar-refractivity contribution in [1.82, 2.24) is 10.2 Å². The summed E-state index contributed by atoms with van der Waals surface area (Å²) in [7, 11) is 0. The molecule has 1 fully saturated rings. The summed E-state index contributed by atoms with van der Waals surface area (Å²) >= 11 is 6.61. The van der Waals surface area contributed by atoms with E-state index in [1.54, 1.807) is 18.2 Å². The van der Waals surface area contributed by atoms with E-state index < -0.39 is 29.3 Å². The standard InChI is InChI=1S/C43H47ClN2O6/c1-31-43(42(48)49,21-20-37(33-14-7-3-8-15-33)34-16-9-4-10-17-34)40(35-18-11-19-36(44)28-35)39(41(47)52-29-32-12-5-2-6-13-32)38(45-31)30-51-27-24-46-22-25-50-26-23-46/h2-19,28,31,37,40,45H,20-27,29-30H2,1H3,(H,48,49). The number of morpholine rings is 1. The normalized spacial score (nSPS) is 20.8. The predicted octanol–water partition coefficient (Wildman–Crippen LogP) is 7.44. The maximum absolute atomic E-state index is 14.5. The van der Waals surface area contributed by atoms with Crippen molar-refractivity contribution >= 4 is 23.5 Å². The van der Waals surface area contributed by atoms with Crippen LogP contribution in [-0.2, 0) is 30.4 Å². The molecule has 2 aliphatic rings. The van der Waals surface area contributed by atoms with Gasteiger partial charge in [-0.15, -0.1) is 0 Å². The van der Waals surface area contributed by atoms with Crippen LogP contribution in [0.4, 0.5) is 0 Å². The average molecular weight is 723 g/mol. The van der Waals surface area contributed by atoms with Gasteiger partial charge in [-0.2, -0.15) is 0 Å². The monoisotopic (exact) mass is 722 g/mol. The third kappa shape index (κ3) is 8.76. The van der Waals surface area contributed by atoms with Crippen molar-refractivity contribution in [2.75, 3.05) is 46.1 Å². The number of hydrogen-bond donors (Lipinski definition) is 2. The Morgan fingerprint density at radius 3 is 2.15 bits per heavy atom. The van der Waals surface area contributed by atoms with Crippen LogP contribution in [0.25, 0.3) is 0 Å². The molecule has 3 atom stereocenters. The topological polar surface area (TPSA) is 97.3 Å². The Morgan fingerprint density at radius 2 is 1.54 bits per heavy atom. The van der Waals surface area contributed by atoms with E-state index in [-0.39, 0.29) is 31.1 Å². The number of nitrogens with one attached hydrogen (secondary N) is 1. The van der Waals surface area contributed by atoms with E-state index in [9.17, 15) is 14.7 Å². The van der Waals surface area contributed by atoms with Gasteiger partial charge in [0.15, 0.2) is 0 Å². The maximum Gasteiger partial charge on any atom is 0.336 e. The predicted molar refractivity (Wildman–Crippen MR) is 202 cm³/mol. The average Bonchev–Trinajstić information content (AvgIpc) is 3.17. The van der Waals surface area contributed by atoms with Crippen LogP contribution in [0.15, 0.2) is 127 Å². The summed E-state index contributed by atoms with van der Waals surface area (Å²) in [5.41, 5.74) is 2.96. The van der Waals surface area contributed by atoms with Crippen molar-refractivity contribution in [3.05, 3.63) is 154 Å². The number of halogens is 1. The number of ether oxygens (including phenoxy) is 3. The van der Waals surface area contributed by atoms with Gasteiger partial charge in [-0.1, -0.05) is 115 Å². The van der Waals surface area contributed by atoms with E-state index in [1.165, 1.54) is 0 Å². The van der Waals surface area contributed by atoms with Gasteiger partial charge in [-0.3, -0.25) is 9.69 Å². The number of rotatable bonds is 15. The minimum atomic E-state index is -1.47.